The highest BCUT2D eigenvalue weighted by atomic mass is 35.5. The van der Waals surface area contributed by atoms with E-state index in [9.17, 15) is 14.9 Å². The molecule has 1 aromatic carbocycles. The summed E-state index contributed by atoms with van der Waals surface area (Å²) in [5.74, 6) is -0.0489. The molecule has 0 aliphatic carbocycles. The number of nitro groups is 1. The number of benzene rings is 1. The van der Waals surface area contributed by atoms with E-state index in [0.29, 0.717) is 12.2 Å². The molecule has 6 nitrogen and oxygen atoms in total. The molecule has 1 amide bonds. The van der Waals surface area contributed by atoms with Gasteiger partial charge >= 0.3 is 5.69 Å². The Morgan fingerprint density at radius 2 is 2.17 bits per heavy atom. The highest BCUT2D eigenvalue weighted by molar-refractivity contribution is 6.33. The van der Waals surface area contributed by atoms with Gasteiger partial charge in [-0.15, -0.1) is 0 Å². The SMILES string of the molecule is CN(C)C(=O)CCNc1cccc(Cl)c1[N+](=O)[O-]. The van der Waals surface area contributed by atoms with Crippen LogP contribution in [0.2, 0.25) is 5.02 Å². The van der Waals surface area contributed by atoms with E-state index in [2.05, 4.69) is 5.32 Å². The Hall–Kier alpha value is -1.82. The van der Waals surface area contributed by atoms with Crippen molar-refractivity contribution in [2.75, 3.05) is 26.0 Å². The fourth-order valence-electron chi connectivity index (χ4n) is 1.37. The van der Waals surface area contributed by atoms with Gasteiger partial charge in [-0.1, -0.05) is 17.7 Å². The number of carbonyl (C=O) groups is 1. The van der Waals surface area contributed by atoms with E-state index < -0.39 is 4.92 Å². The molecule has 0 radical (unpaired) electrons. The summed E-state index contributed by atoms with van der Waals surface area (Å²) in [6, 6.07) is 4.63. The molecule has 0 fully saturated rings. The summed E-state index contributed by atoms with van der Waals surface area (Å²) in [7, 11) is 3.31. The summed E-state index contributed by atoms with van der Waals surface area (Å²) < 4.78 is 0. The molecule has 0 saturated heterocycles. The number of hydrogen-bond donors (Lipinski definition) is 1. The maximum atomic E-state index is 11.3. The number of halogens is 1. The minimum atomic E-state index is -0.543. The number of nitrogens with zero attached hydrogens (tertiary/aromatic N) is 2. The molecule has 0 bridgehead atoms. The van der Waals surface area contributed by atoms with Crippen molar-refractivity contribution in [3.05, 3.63) is 33.3 Å². The van der Waals surface area contributed by atoms with Crippen molar-refractivity contribution in [1.29, 1.82) is 0 Å². The van der Waals surface area contributed by atoms with E-state index in [0.717, 1.165) is 0 Å². The Morgan fingerprint density at radius 3 is 2.72 bits per heavy atom. The minimum absolute atomic E-state index is 0.0489. The molecule has 0 heterocycles. The van der Waals surface area contributed by atoms with Gasteiger partial charge in [-0.3, -0.25) is 14.9 Å². The van der Waals surface area contributed by atoms with Gasteiger partial charge in [-0.25, -0.2) is 0 Å². The van der Waals surface area contributed by atoms with E-state index in [1.165, 1.54) is 11.0 Å². The predicted octanol–water partition coefficient (Wildman–Crippen LogP) is 2.14. The molecule has 0 atom stereocenters. The summed E-state index contributed by atoms with van der Waals surface area (Å²) in [4.78, 5) is 23.1. The van der Waals surface area contributed by atoms with Crippen LogP contribution in [-0.4, -0.2) is 36.4 Å². The molecule has 18 heavy (non-hydrogen) atoms. The monoisotopic (exact) mass is 271 g/mol. The number of carbonyl (C=O) groups excluding carboxylic acids is 1. The average Bonchev–Trinajstić information content (AvgIpc) is 2.28. The highest BCUT2D eigenvalue weighted by Gasteiger charge is 2.18. The largest absolute Gasteiger partial charge is 0.379 e. The first kappa shape index (κ1) is 14.2. The molecule has 0 aliphatic heterocycles. The molecule has 1 aromatic rings. The van der Waals surface area contributed by atoms with E-state index in [1.807, 2.05) is 0 Å². The number of para-hydroxylation sites is 1. The zero-order chi connectivity index (χ0) is 13.7. The van der Waals surface area contributed by atoms with Crippen molar-refractivity contribution in [3.63, 3.8) is 0 Å². The van der Waals surface area contributed by atoms with Gasteiger partial charge in [0.25, 0.3) is 0 Å². The zero-order valence-electron chi connectivity index (χ0n) is 10.1. The fraction of sp³-hybridized carbons (Fsp3) is 0.364. The van der Waals surface area contributed by atoms with Gasteiger partial charge in [0.1, 0.15) is 10.7 Å². The van der Waals surface area contributed by atoms with Crippen LogP contribution in [-0.2, 0) is 4.79 Å². The molecule has 0 aromatic heterocycles. The number of rotatable bonds is 5. The second kappa shape index (κ2) is 6.20. The number of amides is 1. The standard InChI is InChI=1S/C11H14ClN3O3/c1-14(2)10(16)6-7-13-9-5-3-4-8(12)11(9)15(17)18/h3-5,13H,6-7H2,1-2H3. The van der Waals surface area contributed by atoms with Crippen LogP contribution < -0.4 is 5.32 Å². The van der Waals surface area contributed by atoms with E-state index in [-0.39, 0.29) is 23.0 Å². The quantitative estimate of drug-likeness (QED) is 0.658. The van der Waals surface area contributed by atoms with Crippen LogP contribution in [0.1, 0.15) is 6.42 Å². The third-order valence-corrected chi connectivity index (χ3v) is 2.63. The van der Waals surface area contributed by atoms with Crippen molar-refractivity contribution < 1.29 is 9.72 Å². The van der Waals surface area contributed by atoms with Crippen molar-refractivity contribution in [1.82, 2.24) is 4.90 Å². The molecule has 7 heteroatoms. The molecular weight excluding hydrogens is 258 g/mol. The van der Waals surface area contributed by atoms with Crippen LogP contribution in [0, 0.1) is 10.1 Å². The molecule has 1 rings (SSSR count). The lowest BCUT2D eigenvalue weighted by Gasteiger charge is -2.11. The number of anilines is 1. The second-order valence-electron chi connectivity index (χ2n) is 3.86. The van der Waals surface area contributed by atoms with E-state index in [1.54, 1.807) is 26.2 Å². The maximum Gasteiger partial charge on any atom is 0.310 e. The molecule has 0 spiro atoms. The molecule has 0 aliphatic rings. The third-order valence-electron chi connectivity index (χ3n) is 2.32. The van der Waals surface area contributed by atoms with Crippen LogP contribution in [0.25, 0.3) is 0 Å². The smallest absolute Gasteiger partial charge is 0.310 e. The summed E-state index contributed by atoms with van der Waals surface area (Å²) in [5.41, 5.74) is 0.149. The summed E-state index contributed by atoms with van der Waals surface area (Å²) in [6.45, 7) is 0.318. The van der Waals surface area contributed by atoms with Crippen LogP contribution in [0.3, 0.4) is 0 Å². The van der Waals surface area contributed by atoms with Crippen molar-refractivity contribution in [2.24, 2.45) is 0 Å². The Kier molecular flexibility index (Phi) is 4.91. The molecule has 0 saturated carbocycles. The topological polar surface area (TPSA) is 75.5 Å². The van der Waals surface area contributed by atoms with Crippen molar-refractivity contribution >= 4 is 28.9 Å². The zero-order valence-corrected chi connectivity index (χ0v) is 10.9. The van der Waals surface area contributed by atoms with Crippen LogP contribution >= 0.6 is 11.6 Å². The van der Waals surface area contributed by atoms with Gasteiger partial charge in [0.15, 0.2) is 0 Å². The number of nitro benzene ring substituents is 1. The predicted molar refractivity (Wildman–Crippen MR) is 69.9 cm³/mol. The van der Waals surface area contributed by atoms with E-state index >= 15 is 0 Å². The lowest BCUT2D eigenvalue weighted by molar-refractivity contribution is -0.383. The van der Waals surface area contributed by atoms with Gasteiger partial charge < -0.3 is 10.2 Å². The Bertz CT molecular complexity index is 463. The third kappa shape index (κ3) is 3.59. The van der Waals surface area contributed by atoms with Crippen LogP contribution in [0.15, 0.2) is 18.2 Å². The van der Waals surface area contributed by atoms with Gasteiger partial charge in [-0.05, 0) is 12.1 Å². The lowest BCUT2D eigenvalue weighted by atomic mass is 10.2. The summed E-state index contributed by atoms with van der Waals surface area (Å²) >= 11 is 5.76. The highest BCUT2D eigenvalue weighted by Crippen LogP contribution is 2.32. The number of hydrogen-bond acceptors (Lipinski definition) is 4. The molecule has 1 N–H and O–H groups in total. The maximum absolute atomic E-state index is 11.3. The van der Waals surface area contributed by atoms with Gasteiger partial charge in [0, 0.05) is 27.1 Å². The normalized spacial score (nSPS) is 9.94. The van der Waals surface area contributed by atoms with Crippen LogP contribution in [0.4, 0.5) is 11.4 Å². The first-order chi connectivity index (χ1) is 8.43. The van der Waals surface area contributed by atoms with Gasteiger partial charge in [0.2, 0.25) is 5.91 Å². The number of nitrogens with one attached hydrogen (secondary N) is 1. The summed E-state index contributed by atoms with van der Waals surface area (Å²) in [5, 5.41) is 13.8. The Balaban J connectivity index is 2.71. The van der Waals surface area contributed by atoms with Gasteiger partial charge in [-0.2, -0.15) is 0 Å². The summed E-state index contributed by atoms with van der Waals surface area (Å²) in [6.07, 6.45) is 0.261. The van der Waals surface area contributed by atoms with Crippen molar-refractivity contribution in [2.45, 2.75) is 6.42 Å². The first-order valence-corrected chi connectivity index (χ1v) is 5.68. The molecule has 98 valence electrons. The first-order valence-electron chi connectivity index (χ1n) is 5.30. The minimum Gasteiger partial charge on any atom is -0.379 e. The lowest BCUT2D eigenvalue weighted by Crippen LogP contribution is -2.24. The Labute approximate surface area is 110 Å². The van der Waals surface area contributed by atoms with Gasteiger partial charge in [0.05, 0.1) is 4.92 Å². The van der Waals surface area contributed by atoms with Crippen molar-refractivity contribution in [3.8, 4) is 0 Å². The van der Waals surface area contributed by atoms with E-state index in [4.69, 9.17) is 11.6 Å². The Morgan fingerprint density at radius 1 is 1.50 bits per heavy atom. The molecule has 0 unspecified atom stereocenters. The second-order valence-corrected chi connectivity index (χ2v) is 4.27. The fourth-order valence-corrected chi connectivity index (χ4v) is 1.61. The van der Waals surface area contributed by atoms with Crippen LogP contribution in [0.5, 0.6) is 0 Å². The average molecular weight is 272 g/mol. The molecular formula is C11H14ClN3O3.